The summed E-state index contributed by atoms with van der Waals surface area (Å²) in [5.74, 6) is 3.51. The molecule has 0 amide bonds. The van der Waals surface area contributed by atoms with Crippen LogP contribution in [0.15, 0.2) is 5.18 Å². The third-order valence-electron chi connectivity index (χ3n) is 8.15. The number of hydrogen-bond acceptors (Lipinski definition) is 4. The molecule has 0 aliphatic carbocycles. The smallest absolute Gasteiger partial charge is 0.135 e. The summed E-state index contributed by atoms with van der Waals surface area (Å²) < 4.78 is 6.51. The number of hydrogen-bond donors (Lipinski definition) is 1. The minimum Gasteiger partial charge on any atom is -0.507 e. The number of phenols is 1. The maximum atomic E-state index is 11.8. The van der Waals surface area contributed by atoms with Gasteiger partial charge in [-0.05, 0) is 75.0 Å². The van der Waals surface area contributed by atoms with E-state index in [4.69, 9.17) is 4.74 Å². The van der Waals surface area contributed by atoms with Gasteiger partial charge in [0.05, 0.1) is 0 Å². The maximum absolute atomic E-state index is 11.8. The van der Waals surface area contributed by atoms with Gasteiger partial charge in [0.2, 0.25) is 0 Å². The van der Waals surface area contributed by atoms with E-state index in [1.165, 1.54) is 38.5 Å². The van der Waals surface area contributed by atoms with E-state index in [2.05, 4.69) is 32.9 Å². The second-order valence-electron chi connectivity index (χ2n) is 11.6. The Labute approximate surface area is 202 Å². The molecular formula is C29H49NO3. The van der Waals surface area contributed by atoms with Crippen molar-refractivity contribution in [3.8, 4) is 11.5 Å². The first kappa shape index (κ1) is 27.7. The van der Waals surface area contributed by atoms with Crippen LogP contribution in [0.1, 0.15) is 115 Å². The number of nitrogens with zero attached hydrogens (tertiary/aromatic N) is 1. The zero-order valence-corrected chi connectivity index (χ0v) is 22.6. The second-order valence-corrected chi connectivity index (χ2v) is 11.6. The van der Waals surface area contributed by atoms with Crippen molar-refractivity contribution in [2.75, 3.05) is 0 Å². The van der Waals surface area contributed by atoms with Crippen LogP contribution >= 0.6 is 0 Å². The molecule has 4 atom stereocenters. The lowest BCUT2D eigenvalue weighted by molar-refractivity contribution is 0.0326. The topological polar surface area (TPSA) is 58.9 Å². The first-order chi connectivity index (χ1) is 15.5. The van der Waals surface area contributed by atoms with Crippen LogP contribution in [0.5, 0.6) is 11.5 Å². The Morgan fingerprint density at radius 3 is 2.00 bits per heavy atom. The van der Waals surface area contributed by atoms with Crippen LogP contribution in [-0.2, 0) is 6.42 Å². The van der Waals surface area contributed by atoms with Gasteiger partial charge < -0.3 is 9.84 Å². The van der Waals surface area contributed by atoms with E-state index in [1.54, 1.807) is 0 Å². The molecule has 1 N–H and O–H groups in total. The van der Waals surface area contributed by atoms with Crippen molar-refractivity contribution in [1.29, 1.82) is 0 Å². The molecule has 0 saturated heterocycles. The summed E-state index contributed by atoms with van der Waals surface area (Å²) in [7, 11) is 0. The molecule has 0 spiro atoms. The zero-order valence-electron chi connectivity index (χ0n) is 22.6. The van der Waals surface area contributed by atoms with Crippen LogP contribution in [-0.4, -0.2) is 16.7 Å². The fraction of sp³-hybridized carbons (Fsp3) is 0.793. The molecular weight excluding hydrogens is 410 g/mol. The van der Waals surface area contributed by atoms with E-state index >= 15 is 0 Å². The average Bonchev–Trinajstić information content (AvgIpc) is 2.75. The fourth-order valence-corrected chi connectivity index (χ4v) is 5.41. The molecule has 1 aliphatic rings. The maximum Gasteiger partial charge on any atom is 0.135 e. The van der Waals surface area contributed by atoms with Crippen LogP contribution in [0.25, 0.3) is 0 Å². The van der Waals surface area contributed by atoms with Crippen LogP contribution in [0.4, 0.5) is 0 Å². The Bertz CT molecular complexity index is 788. The van der Waals surface area contributed by atoms with Crippen LogP contribution in [0.3, 0.4) is 0 Å². The predicted octanol–water partition coefficient (Wildman–Crippen LogP) is 8.59. The molecule has 1 heterocycles. The number of phenolic OH excluding ortho intramolecular Hbond substituents is 1. The molecule has 2 rings (SSSR count). The van der Waals surface area contributed by atoms with E-state index < -0.39 is 11.6 Å². The van der Waals surface area contributed by atoms with E-state index in [-0.39, 0.29) is 0 Å². The number of nitroso groups, excluding NO2 is 1. The number of aromatic hydroxyl groups is 1. The van der Waals surface area contributed by atoms with Gasteiger partial charge in [0.1, 0.15) is 23.1 Å². The van der Waals surface area contributed by atoms with Gasteiger partial charge in [-0.25, -0.2) is 0 Å². The summed E-state index contributed by atoms with van der Waals surface area (Å²) in [6.07, 6.45) is 11.6. The third-order valence-corrected chi connectivity index (χ3v) is 8.15. The monoisotopic (exact) mass is 459 g/mol. The van der Waals surface area contributed by atoms with Crippen molar-refractivity contribution in [2.24, 2.45) is 22.9 Å². The molecule has 0 aromatic heterocycles. The minimum atomic E-state index is -0.583. The number of ether oxygens (including phenoxy) is 1. The quantitative estimate of drug-likeness (QED) is 0.300. The largest absolute Gasteiger partial charge is 0.507 e. The van der Waals surface area contributed by atoms with Gasteiger partial charge in [-0.15, -0.1) is 0 Å². The molecule has 33 heavy (non-hydrogen) atoms. The van der Waals surface area contributed by atoms with Gasteiger partial charge >= 0.3 is 0 Å². The highest BCUT2D eigenvalue weighted by atomic mass is 16.5. The molecule has 0 fully saturated rings. The second kappa shape index (κ2) is 12.2. The molecule has 0 saturated carbocycles. The third kappa shape index (κ3) is 7.20. The molecule has 1 aromatic rings. The summed E-state index contributed by atoms with van der Waals surface area (Å²) in [5.41, 5.74) is 3.00. The Balaban J connectivity index is 1.86. The Kier molecular flexibility index (Phi) is 10.2. The lowest BCUT2D eigenvalue weighted by Crippen LogP contribution is -2.48. The van der Waals surface area contributed by atoms with Gasteiger partial charge in [0.25, 0.3) is 0 Å². The van der Waals surface area contributed by atoms with Crippen LogP contribution in [0, 0.1) is 43.4 Å². The normalized spacial score (nSPS) is 22.0. The van der Waals surface area contributed by atoms with Crippen molar-refractivity contribution in [2.45, 2.75) is 131 Å². The highest BCUT2D eigenvalue weighted by Gasteiger charge is 2.43. The van der Waals surface area contributed by atoms with Crippen molar-refractivity contribution in [1.82, 2.24) is 0 Å². The Hall–Kier alpha value is -1.58. The first-order valence-electron chi connectivity index (χ1n) is 13.3. The Morgan fingerprint density at radius 2 is 1.45 bits per heavy atom. The van der Waals surface area contributed by atoms with Crippen LogP contribution in [0.2, 0.25) is 0 Å². The highest BCUT2D eigenvalue weighted by Crippen LogP contribution is 2.45. The molecule has 0 bridgehead atoms. The van der Waals surface area contributed by atoms with Crippen molar-refractivity contribution in [3.63, 3.8) is 0 Å². The fourth-order valence-electron chi connectivity index (χ4n) is 5.41. The van der Waals surface area contributed by atoms with Gasteiger partial charge in [-0.2, -0.15) is 4.91 Å². The SMILES string of the molecule is Cc1c(C)c2c(c(C)c1O)CC(N=O)[C@](C)(CCC[C@H](C)CCC[C@@H](C)CCCC(C)C)O2. The number of benzene rings is 1. The molecule has 0 radical (unpaired) electrons. The van der Waals surface area contributed by atoms with E-state index in [9.17, 15) is 10.0 Å². The van der Waals surface area contributed by atoms with Crippen molar-refractivity contribution >= 4 is 0 Å². The minimum absolute atomic E-state index is 0.311. The molecule has 4 heteroatoms. The molecule has 1 unspecified atom stereocenters. The van der Waals surface area contributed by atoms with Gasteiger partial charge in [-0.3, -0.25) is 0 Å². The highest BCUT2D eigenvalue weighted by molar-refractivity contribution is 5.58. The standard InChI is InChI=1S/C29H49NO3/c1-19(2)12-9-13-20(3)14-10-15-21(4)16-11-17-29(8)26(30-32)18-25-24(7)27(31)22(5)23(6)28(25)33-29/h19-21,26,31H,9-18H2,1-8H3/t20-,21+,26?,29-/m0/s1. The summed E-state index contributed by atoms with van der Waals surface area (Å²) in [6.45, 7) is 17.3. The van der Waals surface area contributed by atoms with Gasteiger partial charge in [0.15, 0.2) is 0 Å². The molecule has 4 nitrogen and oxygen atoms in total. The van der Waals surface area contributed by atoms with Crippen molar-refractivity contribution < 1.29 is 9.84 Å². The van der Waals surface area contributed by atoms with E-state index in [0.717, 1.165) is 59.1 Å². The summed E-state index contributed by atoms with van der Waals surface area (Å²) in [6, 6.07) is -0.424. The first-order valence-corrected chi connectivity index (χ1v) is 13.3. The average molecular weight is 460 g/mol. The summed E-state index contributed by atoms with van der Waals surface area (Å²) >= 11 is 0. The molecule has 1 aromatic carbocycles. The lowest BCUT2D eigenvalue weighted by Gasteiger charge is -2.41. The van der Waals surface area contributed by atoms with E-state index in [1.807, 2.05) is 27.7 Å². The lowest BCUT2D eigenvalue weighted by atomic mass is 9.80. The summed E-state index contributed by atoms with van der Waals surface area (Å²) in [4.78, 5) is 11.8. The number of fused-ring (bicyclic) bond motifs is 1. The van der Waals surface area contributed by atoms with Crippen LogP contribution < -0.4 is 4.74 Å². The van der Waals surface area contributed by atoms with E-state index in [0.29, 0.717) is 18.1 Å². The Morgan fingerprint density at radius 1 is 0.909 bits per heavy atom. The summed E-state index contributed by atoms with van der Waals surface area (Å²) in [5, 5.41) is 13.9. The van der Waals surface area contributed by atoms with Gasteiger partial charge in [0, 0.05) is 12.0 Å². The number of rotatable bonds is 13. The predicted molar refractivity (Wildman–Crippen MR) is 139 cm³/mol. The molecule has 188 valence electrons. The van der Waals surface area contributed by atoms with Gasteiger partial charge in [-0.1, -0.05) is 77.8 Å². The zero-order chi connectivity index (χ0) is 24.8. The molecule has 1 aliphatic heterocycles. The van der Waals surface area contributed by atoms with Crippen molar-refractivity contribution in [3.05, 3.63) is 27.2 Å².